The number of thiophene rings is 1. The maximum absolute atomic E-state index is 13.2. The van der Waals surface area contributed by atoms with Crippen molar-refractivity contribution in [3.8, 4) is 5.75 Å². The molecule has 0 radical (unpaired) electrons. The van der Waals surface area contributed by atoms with Crippen LogP contribution >= 0.6 is 22.9 Å². The number of nitrogens with one attached hydrogen (secondary N) is 2. The maximum atomic E-state index is 13.2. The summed E-state index contributed by atoms with van der Waals surface area (Å²) < 4.78 is 29.3. The number of carbonyl (C=O) groups is 1. The third-order valence-corrected chi connectivity index (χ3v) is 9.78. The number of benzene rings is 1. The van der Waals surface area contributed by atoms with E-state index in [0.717, 1.165) is 35.4 Å². The Morgan fingerprint density at radius 1 is 1.35 bits per heavy atom. The van der Waals surface area contributed by atoms with Gasteiger partial charge in [-0.25, -0.2) is 8.42 Å². The van der Waals surface area contributed by atoms with Crippen LogP contribution in [0.2, 0.25) is 5.02 Å². The minimum absolute atomic E-state index is 0.00884. The van der Waals surface area contributed by atoms with E-state index in [1.807, 2.05) is 13.0 Å². The lowest BCUT2D eigenvalue weighted by atomic mass is 9.88. The molecule has 3 N–H and O–H groups in total. The van der Waals surface area contributed by atoms with Gasteiger partial charge in [0.05, 0.1) is 17.1 Å². The molecule has 1 amide bonds. The van der Waals surface area contributed by atoms with Crippen LogP contribution in [-0.2, 0) is 22.7 Å². The second-order valence-electron chi connectivity index (χ2n) is 9.39. The summed E-state index contributed by atoms with van der Waals surface area (Å²) >= 11 is 7.60. The van der Waals surface area contributed by atoms with E-state index in [9.17, 15) is 18.3 Å². The second kappa shape index (κ2) is 10.4. The Labute approximate surface area is 209 Å². The van der Waals surface area contributed by atoms with Crippen molar-refractivity contribution in [1.82, 2.24) is 5.32 Å². The number of carbonyl (C=O) groups excluding carboxylic acids is 1. The van der Waals surface area contributed by atoms with E-state index in [-0.39, 0.29) is 36.6 Å². The van der Waals surface area contributed by atoms with Crippen LogP contribution in [-0.4, -0.2) is 56.2 Å². The van der Waals surface area contributed by atoms with E-state index >= 15 is 0 Å². The number of amides is 1. The van der Waals surface area contributed by atoms with Gasteiger partial charge < -0.3 is 20.5 Å². The number of halogens is 1. The molecule has 0 spiro atoms. The van der Waals surface area contributed by atoms with Gasteiger partial charge in [-0.1, -0.05) is 18.5 Å². The second-order valence-corrected chi connectivity index (χ2v) is 13.1. The van der Waals surface area contributed by atoms with Crippen molar-refractivity contribution in [2.75, 3.05) is 30.0 Å². The number of hydrogen-bond acceptors (Lipinski definition) is 7. The van der Waals surface area contributed by atoms with Gasteiger partial charge >= 0.3 is 0 Å². The number of hydrogen-bond donors (Lipinski definition) is 3. The van der Waals surface area contributed by atoms with Crippen LogP contribution in [0.1, 0.15) is 46.1 Å². The SMILES string of the molecule is Cc1cc(OCC(O)CNc2sc3c(c2C(=O)NC2CCS(=O)(=O)C2)CCC(C)C3)ccc1Cl. The molecule has 2 aliphatic rings. The van der Waals surface area contributed by atoms with Gasteiger partial charge in [0, 0.05) is 22.5 Å². The number of aliphatic hydroxyl groups excluding tert-OH is 1. The molecule has 1 fully saturated rings. The molecular weight excluding hydrogens is 496 g/mol. The highest BCUT2D eigenvalue weighted by Crippen LogP contribution is 2.39. The van der Waals surface area contributed by atoms with Crippen molar-refractivity contribution in [2.45, 2.75) is 51.7 Å². The van der Waals surface area contributed by atoms with Gasteiger partial charge in [-0.05, 0) is 67.9 Å². The Hall–Kier alpha value is -1.81. The van der Waals surface area contributed by atoms with E-state index in [1.165, 1.54) is 4.88 Å². The van der Waals surface area contributed by atoms with Gasteiger partial charge in [0.15, 0.2) is 9.84 Å². The van der Waals surface area contributed by atoms with Crippen molar-refractivity contribution < 1.29 is 23.1 Å². The number of aliphatic hydroxyl groups is 1. The zero-order valence-electron chi connectivity index (χ0n) is 19.4. The first kappa shape index (κ1) is 25.3. The predicted molar refractivity (Wildman–Crippen MR) is 136 cm³/mol. The number of ether oxygens (including phenoxy) is 1. The number of sulfone groups is 1. The van der Waals surface area contributed by atoms with E-state index in [1.54, 1.807) is 23.5 Å². The molecule has 10 heteroatoms. The Kier molecular flexibility index (Phi) is 7.76. The highest BCUT2D eigenvalue weighted by Gasteiger charge is 2.32. The first-order valence-electron chi connectivity index (χ1n) is 11.6. The third-order valence-electron chi connectivity index (χ3n) is 6.38. The summed E-state index contributed by atoms with van der Waals surface area (Å²) in [5.41, 5.74) is 2.54. The van der Waals surface area contributed by atoms with Crippen LogP contribution in [0.4, 0.5) is 5.00 Å². The van der Waals surface area contributed by atoms with E-state index in [2.05, 4.69) is 17.6 Å². The van der Waals surface area contributed by atoms with E-state index in [0.29, 0.717) is 28.7 Å². The lowest BCUT2D eigenvalue weighted by Gasteiger charge is -2.19. The van der Waals surface area contributed by atoms with Crippen molar-refractivity contribution in [1.29, 1.82) is 0 Å². The lowest BCUT2D eigenvalue weighted by Crippen LogP contribution is -2.36. The highest BCUT2D eigenvalue weighted by atomic mass is 35.5. The molecule has 1 aliphatic carbocycles. The number of fused-ring (bicyclic) bond motifs is 1. The topological polar surface area (TPSA) is 105 Å². The van der Waals surface area contributed by atoms with Gasteiger partial charge in [0.1, 0.15) is 23.5 Å². The smallest absolute Gasteiger partial charge is 0.254 e. The van der Waals surface area contributed by atoms with Crippen molar-refractivity contribution >= 4 is 43.7 Å². The fourth-order valence-corrected chi connectivity index (χ4v) is 7.66. The fraction of sp³-hybridized carbons (Fsp3) is 0.542. The van der Waals surface area contributed by atoms with Crippen molar-refractivity contribution in [2.24, 2.45) is 5.92 Å². The van der Waals surface area contributed by atoms with Gasteiger partial charge in [-0.2, -0.15) is 0 Å². The number of rotatable bonds is 8. The Bertz CT molecular complexity index is 1160. The molecule has 3 unspecified atom stereocenters. The quantitative estimate of drug-likeness (QED) is 0.485. The number of aryl methyl sites for hydroxylation is 1. The molecule has 4 rings (SSSR count). The Morgan fingerprint density at radius 2 is 2.15 bits per heavy atom. The average molecular weight is 527 g/mol. The molecule has 7 nitrogen and oxygen atoms in total. The molecule has 1 aromatic carbocycles. The fourth-order valence-electron chi connectivity index (χ4n) is 4.45. The molecule has 2 aromatic rings. The highest BCUT2D eigenvalue weighted by molar-refractivity contribution is 7.91. The van der Waals surface area contributed by atoms with Crippen LogP contribution in [0.5, 0.6) is 5.75 Å². The minimum Gasteiger partial charge on any atom is -0.491 e. The average Bonchev–Trinajstić information content (AvgIpc) is 3.31. The zero-order valence-corrected chi connectivity index (χ0v) is 21.8. The molecular formula is C24H31ClN2O5S2. The molecule has 2 heterocycles. The van der Waals surface area contributed by atoms with Gasteiger partial charge in [-0.15, -0.1) is 11.3 Å². The Morgan fingerprint density at radius 3 is 2.85 bits per heavy atom. The first-order chi connectivity index (χ1) is 16.1. The summed E-state index contributed by atoms with van der Waals surface area (Å²) in [7, 11) is -3.08. The van der Waals surface area contributed by atoms with Crippen LogP contribution in [0.25, 0.3) is 0 Å². The summed E-state index contributed by atoms with van der Waals surface area (Å²) in [5, 5.41) is 18.0. The molecule has 0 bridgehead atoms. The molecule has 1 saturated heterocycles. The summed E-state index contributed by atoms with van der Waals surface area (Å²) in [6.45, 7) is 4.41. The van der Waals surface area contributed by atoms with Crippen molar-refractivity contribution in [3.05, 3.63) is 44.8 Å². The molecule has 0 saturated carbocycles. The third kappa shape index (κ3) is 6.05. The van der Waals surface area contributed by atoms with Crippen LogP contribution in [0.15, 0.2) is 18.2 Å². The Balaban J connectivity index is 1.43. The summed E-state index contributed by atoms with van der Waals surface area (Å²) in [4.78, 5) is 14.4. The summed E-state index contributed by atoms with van der Waals surface area (Å²) in [5.74, 6) is 1.05. The van der Waals surface area contributed by atoms with Gasteiger partial charge in [0.2, 0.25) is 0 Å². The van der Waals surface area contributed by atoms with Crippen LogP contribution in [0, 0.1) is 12.8 Å². The largest absolute Gasteiger partial charge is 0.491 e. The molecule has 186 valence electrons. The first-order valence-corrected chi connectivity index (χ1v) is 14.6. The zero-order chi connectivity index (χ0) is 24.5. The summed E-state index contributed by atoms with van der Waals surface area (Å²) in [6.07, 6.45) is 2.41. The molecule has 34 heavy (non-hydrogen) atoms. The lowest BCUT2D eigenvalue weighted by molar-refractivity contribution is 0.0940. The van der Waals surface area contributed by atoms with Crippen LogP contribution in [0.3, 0.4) is 0 Å². The van der Waals surface area contributed by atoms with E-state index < -0.39 is 15.9 Å². The monoisotopic (exact) mass is 526 g/mol. The standard InChI is InChI=1S/C24H31ClN2O5S2/c1-14-3-5-19-21(9-14)33-24(22(19)23(29)27-16-7-8-34(30,31)13-16)26-11-17(28)12-32-18-4-6-20(25)15(2)10-18/h4,6,10,14,16-17,26,28H,3,5,7-9,11-13H2,1-2H3,(H,27,29). The minimum atomic E-state index is -3.08. The molecule has 1 aliphatic heterocycles. The molecule has 3 atom stereocenters. The molecule has 1 aromatic heterocycles. The van der Waals surface area contributed by atoms with Gasteiger partial charge in [-0.3, -0.25) is 4.79 Å². The normalized spacial score (nSPS) is 22.1. The van der Waals surface area contributed by atoms with Gasteiger partial charge in [0.25, 0.3) is 5.91 Å². The summed E-state index contributed by atoms with van der Waals surface area (Å²) in [6, 6.07) is 4.98. The maximum Gasteiger partial charge on any atom is 0.254 e. The predicted octanol–water partition coefficient (Wildman–Crippen LogP) is 3.60. The van der Waals surface area contributed by atoms with E-state index in [4.69, 9.17) is 16.3 Å². The van der Waals surface area contributed by atoms with Crippen LogP contribution < -0.4 is 15.4 Å². The van der Waals surface area contributed by atoms with Crippen molar-refractivity contribution in [3.63, 3.8) is 0 Å². The number of anilines is 1.